The molecule has 3 saturated carbocycles. The first-order valence-electron chi connectivity index (χ1n) is 11.2. The van der Waals surface area contributed by atoms with Crippen LogP contribution in [0.5, 0.6) is 0 Å². The summed E-state index contributed by atoms with van der Waals surface area (Å²) in [5, 5.41) is 32.0. The molecule has 164 valence electrons. The lowest BCUT2D eigenvalue weighted by Gasteiger charge is -2.62. The molecule has 0 spiro atoms. The highest BCUT2D eigenvalue weighted by Crippen LogP contribution is 2.70. The summed E-state index contributed by atoms with van der Waals surface area (Å²) in [6.07, 6.45) is 7.43. The molecule has 0 aromatic carbocycles. The molecule has 4 aliphatic rings. The fraction of sp³-hybridized carbons (Fsp3) is 0.792. The van der Waals surface area contributed by atoms with E-state index in [1.807, 2.05) is 39.8 Å². The summed E-state index contributed by atoms with van der Waals surface area (Å²) >= 11 is 0. The number of ketones is 1. The number of allylic oxidation sites excluding steroid dienone is 4. The maximum absolute atomic E-state index is 16.8. The van der Waals surface area contributed by atoms with Crippen LogP contribution in [0.4, 0.5) is 4.39 Å². The monoisotopic (exact) mass is 408 g/mol. The Morgan fingerprint density at radius 2 is 1.93 bits per heavy atom. The summed E-state index contributed by atoms with van der Waals surface area (Å²) < 4.78 is 16.8. The van der Waals surface area contributed by atoms with Crippen molar-refractivity contribution in [1.29, 1.82) is 0 Å². The van der Waals surface area contributed by atoms with Gasteiger partial charge in [0.05, 0.1) is 6.10 Å². The number of aliphatic hydroxyl groups is 3. The first kappa shape index (κ1) is 22.6. The summed E-state index contributed by atoms with van der Waals surface area (Å²) in [4.78, 5) is 12.5. The van der Waals surface area contributed by atoms with Gasteiger partial charge in [0, 0.05) is 16.7 Å². The Bertz CT molecular complexity index is 732. The molecule has 4 aliphatic carbocycles. The van der Waals surface area contributed by atoms with Crippen molar-refractivity contribution in [2.45, 2.75) is 84.1 Å². The summed E-state index contributed by atoms with van der Waals surface area (Å²) in [7, 11) is 0. The van der Waals surface area contributed by atoms with Crippen molar-refractivity contribution in [3.05, 3.63) is 23.8 Å². The Balaban J connectivity index is 0.00000117. The summed E-state index contributed by atoms with van der Waals surface area (Å²) in [5.41, 5.74) is -4.28. The van der Waals surface area contributed by atoms with Gasteiger partial charge in [-0.05, 0) is 50.9 Å². The Labute approximate surface area is 173 Å². The van der Waals surface area contributed by atoms with E-state index < -0.39 is 46.5 Å². The fourth-order valence-corrected chi connectivity index (χ4v) is 7.40. The minimum Gasteiger partial charge on any atom is -0.390 e. The number of alkyl halides is 1. The summed E-state index contributed by atoms with van der Waals surface area (Å²) in [5.74, 6) is -1.64. The maximum Gasteiger partial charge on any atom is 0.190 e. The number of carbonyl (C=O) groups excluding carboxylic acids is 1. The van der Waals surface area contributed by atoms with E-state index in [-0.39, 0.29) is 18.3 Å². The quantitative estimate of drug-likeness (QED) is 0.608. The molecule has 0 aromatic rings. The van der Waals surface area contributed by atoms with Crippen molar-refractivity contribution >= 4 is 5.78 Å². The zero-order chi connectivity index (χ0) is 21.8. The molecule has 5 heteroatoms. The van der Waals surface area contributed by atoms with Gasteiger partial charge in [0.15, 0.2) is 11.5 Å². The van der Waals surface area contributed by atoms with Gasteiger partial charge in [-0.2, -0.15) is 0 Å². The third kappa shape index (κ3) is 2.56. The molecule has 0 saturated heterocycles. The standard InChI is InChI=1S/C22H31FO4.C2H6/c1-13-10-16-15-8-7-14-6-4-5-9-19(14,2)21(15,23)17(25)11-20(16,3)22(13,27)18(26)12-24;1-2/h5-6,9,13,15-17,24-25,27H,4,7-8,10-12H2,1-3H3;1-2H3/t13-,15-,16-,17-,19-,20-,21-,22-;/m0./s1. The number of hydrogen-bond acceptors (Lipinski definition) is 4. The van der Waals surface area contributed by atoms with Crippen molar-refractivity contribution in [2.75, 3.05) is 6.61 Å². The third-order valence-corrected chi connectivity index (χ3v) is 8.85. The van der Waals surface area contributed by atoms with Gasteiger partial charge in [0.1, 0.15) is 12.2 Å². The first-order chi connectivity index (χ1) is 13.6. The van der Waals surface area contributed by atoms with Gasteiger partial charge in [-0.25, -0.2) is 4.39 Å². The smallest absolute Gasteiger partial charge is 0.190 e. The molecule has 4 nitrogen and oxygen atoms in total. The lowest BCUT2D eigenvalue weighted by atomic mass is 9.44. The van der Waals surface area contributed by atoms with Crippen LogP contribution in [0.15, 0.2) is 23.8 Å². The molecular formula is C24H37FO4. The van der Waals surface area contributed by atoms with E-state index in [0.29, 0.717) is 12.8 Å². The minimum atomic E-state index is -1.81. The summed E-state index contributed by atoms with van der Waals surface area (Å²) in [6, 6.07) is 0. The van der Waals surface area contributed by atoms with Crippen LogP contribution in [0.3, 0.4) is 0 Å². The predicted octanol–water partition coefficient (Wildman–Crippen LogP) is 3.74. The lowest BCUT2D eigenvalue weighted by Crippen LogP contribution is -2.69. The number of aliphatic hydroxyl groups excluding tert-OH is 2. The number of fused-ring (bicyclic) bond motifs is 5. The van der Waals surface area contributed by atoms with E-state index in [1.54, 1.807) is 6.92 Å². The molecule has 0 aliphatic heterocycles. The molecule has 0 radical (unpaired) electrons. The number of hydrogen-bond donors (Lipinski definition) is 3. The van der Waals surface area contributed by atoms with Crippen LogP contribution in [0.1, 0.15) is 66.7 Å². The number of halogens is 1. The topological polar surface area (TPSA) is 77.8 Å². The Morgan fingerprint density at radius 3 is 2.55 bits per heavy atom. The molecule has 3 N–H and O–H groups in total. The predicted molar refractivity (Wildman–Crippen MR) is 111 cm³/mol. The van der Waals surface area contributed by atoms with Crippen LogP contribution in [-0.2, 0) is 4.79 Å². The van der Waals surface area contributed by atoms with E-state index in [0.717, 1.165) is 18.4 Å². The summed E-state index contributed by atoms with van der Waals surface area (Å²) in [6.45, 7) is 8.76. The molecule has 0 bridgehead atoms. The highest BCUT2D eigenvalue weighted by atomic mass is 19.1. The average molecular weight is 409 g/mol. The van der Waals surface area contributed by atoms with E-state index in [9.17, 15) is 20.1 Å². The maximum atomic E-state index is 16.8. The normalized spacial score (nSPS) is 50.4. The molecule has 0 unspecified atom stereocenters. The molecule has 29 heavy (non-hydrogen) atoms. The third-order valence-electron chi connectivity index (χ3n) is 8.85. The number of carbonyl (C=O) groups is 1. The van der Waals surface area contributed by atoms with Crippen molar-refractivity contribution in [2.24, 2.45) is 28.6 Å². The molecule has 0 amide bonds. The zero-order valence-electron chi connectivity index (χ0n) is 18.4. The minimum absolute atomic E-state index is 0.0218. The van der Waals surface area contributed by atoms with Gasteiger partial charge in [0.25, 0.3) is 0 Å². The molecular weight excluding hydrogens is 371 g/mol. The molecule has 3 fully saturated rings. The van der Waals surface area contributed by atoms with Gasteiger partial charge in [0.2, 0.25) is 0 Å². The van der Waals surface area contributed by atoms with Gasteiger partial charge in [-0.15, -0.1) is 0 Å². The van der Waals surface area contributed by atoms with E-state index in [1.165, 1.54) is 0 Å². The van der Waals surface area contributed by atoms with Crippen LogP contribution < -0.4 is 0 Å². The highest BCUT2D eigenvalue weighted by Gasteiger charge is 2.75. The Morgan fingerprint density at radius 1 is 1.28 bits per heavy atom. The second-order valence-corrected chi connectivity index (χ2v) is 9.71. The fourth-order valence-electron chi connectivity index (χ4n) is 7.40. The second kappa shape index (κ2) is 7.28. The zero-order valence-corrected chi connectivity index (χ0v) is 18.4. The molecule has 4 rings (SSSR count). The van der Waals surface area contributed by atoms with E-state index in [2.05, 4.69) is 6.08 Å². The average Bonchev–Trinajstić information content (AvgIpc) is 2.91. The van der Waals surface area contributed by atoms with Crippen LogP contribution in [0.25, 0.3) is 0 Å². The van der Waals surface area contributed by atoms with Crippen LogP contribution in [0.2, 0.25) is 0 Å². The molecule has 0 aromatic heterocycles. The highest BCUT2D eigenvalue weighted by molar-refractivity contribution is 5.90. The number of Topliss-reactive ketones (excluding diaryl/α,β-unsaturated/α-hetero) is 1. The van der Waals surface area contributed by atoms with Crippen molar-refractivity contribution < 1.29 is 24.5 Å². The van der Waals surface area contributed by atoms with Crippen LogP contribution >= 0.6 is 0 Å². The largest absolute Gasteiger partial charge is 0.390 e. The second-order valence-electron chi connectivity index (χ2n) is 9.71. The van der Waals surface area contributed by atoms with Gasteiger partial charge in [-0.3, -0.25) is 4.79 Å². The van der Waals surface area contributed by atoms with E-state index in [4.69, 9.17) is 0 Å². The van der Waals surface area contributed by atoms with Crippen LogP contribution in [-0.4, -0.2) is 45.1 Å². The van der Waals surface area contributed by atoms with Crippen molar-refractivity contribution in [3.63, 3.8) is 0 Å². The first-order valence-corrected chi connectivity index (χ1v) is 11.2. The Hall–Kier alpha value is -1.04. The Kier molecular flexibility index (Phi) is 5.68. The van der Waals surface area contributed by atoms with Gasteiger partial charge >= 0.3 is 0 Å². The van der Waals surface area contributed by atoms with Gasteiger partial charge in [-0.1, -0.05) is 51.5 Å². The molecule has 0 heterocycles. The van der Waals surface area contributed by atoms with Gasteiger partial charge < -0.3 is 15.3 Å². The number of rotatable bonds is 2. The van der Waals surface area contributed by atoms with Crippen molar-refractivity contribution in [1.82, 2.24) is 0 Å². The molecule has 8 atom stereocenters. The van der Waals surface area contributed by atoms with Crippen LogP contribution in [0, 0.1) is 28.6 Å². The SMILES string of the molecule is CC.C[C@H]1C[C@H]2[C@@H]3CCC4=CCC=C[C@]4(C)[C@@]3(F)[C@@H](O)C[C@]2(C)[C@@]1(O)C(=O)CO. The van der Waals surface area contributed by atoms with Crippen molar-refractivity contribution in [3.8, 4) is 0 Å². The van der Waals surface area contributed by atoms with E-state index >= 15 is 4.39 Å². The lowest BCUT2D eigenvalue weighted by molar-refractivity contribution is -0.219.